The van der Waals surface area contributed by atoms with Crippen LogP contribution in [0.25, 0.3) is 16.6 Å². The lowest BCUT2D eigenvalue weighted by Crippen LogP contribution is -2.38. The summed E-state index contributed by atoms with van der Waals surface area (Å²) in [7, 11) is 2.98. The third-order valence-electron chi connectivity index (χ3n) is 4.03. The third-order valence-corrected chi connectivity index (χ3v) is 4.26. The van der Waals surface area contributed by atoms with Gasteiger partial charge in [-0.05, 0) is 24.3 Å². The van der Waals surface area contributed by atoms with Crippen molar-refractivity contribution < 1.29 is 9.47 Å². The molecule has 0 unspecified atom stereocenters. The van der Waals surface area contributed by atoms with Crippen LogP contribution in [0, 0.1) is 0 Å². The van der Waals surface area contributed by atoms with Crippen molar-refractivity contribution in [2.24, 2.45) is 0 Å². The van der Waals surface area contributed by atoms with Gasteiger partial charge in [-0.25, -0.2) is 9.36 Å². The number of allylic oxidation sites excluding steroid dienone is 1. The van der Waals surface area contributed by atoms with Crippen molar-refractivity contribution in [3.63, 3.8) is 0 Å². The molecular formula is C19H17ClN2O4. The lowest BCUT2D eigenvalue weighted by atomic mass is 10.2. The number of ether oxygens (including phenoxy) is 2. The van der Waals surface area contributed by atoms with Crippen LogP contribution in [-0.2, 0) is 6.54 Å². The Labute approximate surface area is 154 Å². The maximum Gasteiger partial charge on any atom is 0.336 e. The van der Waals surface area contributed by atoms with E-state index in [1.54, 1.807) is 42.5 Å². The molecule has 7 heteroatoms. The van der Waals surface area contributed by atoms with E-state index in [4.69, 9.17) is 21.1 Å². The second kappa shape index (κ2) is 7.09. The van der Waals surface area contributed by atoms with Crippen LogP contribution >= 0.6 is 11.6 Å². The van der Waals surface area contributed by atoms with E-state index in [2.05, 4.69) is 6.58 Å². The first kappa shape index (κ1) is 17.8. The minimum atomic E-state index is -0.489. The topological polar surface area (TPSA) is 62.5 Å². The van der Waals surface area contributed by atoms with E-state index < -0.39 is 11.2 Å². The largest absolute Gasteiger partial charge is 0.493 e. The quantitative estimate of drug-likeness (QED) is 0.646. The van der Waals surface area contributed by atoms with Crippen LogP contribution in [0.3, 0.4) is 0 Å². The molecule has 0 aliphatic heterocycles. The molecule has 26 heavy (non-hydrogen) atoms. The van der Waals surface area contributed by atoms with Crippen molar-refractivity contribution in [2.75, 3.05) is 14.2 Å². The maximum atomic E-state index is 13.1. The third kappa shape index (κ3) is 2.88. The molecule has 0 fully saturated rings. The SMILES string of the molecule is C=CCn1c(=O)n(-c2cccc(Cl)c2)c(=O)c2cc(OC)c(OC)cc21. The monoisotopic (exact) mass is 372 g/mol. The average molecular weight is 373 g/mol. The van der Waals surface area contributed by atoms with Crippen LogP contribution in [0.1, 0.15) is 0 Å². The molecule has 6 nitrogen and oxygen atoms in total. The summed E-state index contributed by atoms with van der Waals surface area (Å²) >= 11 is 6.03. The van der Waals surface area contributed by atoms with E-state index in [0.29, 0.717) is 33.1 Å². The number of hydrogen-bond donors (Lipinski definition) is 0. The highest BCUT2D eigenvalue weighted by Crippen LogP contribution is 2.30. The zero-order chi connectivity index (χ0) is 18.8. The molecule has 0 radical (unpaired) electrons. The molecule has 0 bridgehead atoms. The molecule has 0 N–H and O–H groups in total. The predicted octanol–water partition coefficient (Wildman–Crippen LogP) is 3.01. The van der Waals surface area contributed by atoms with Gasteiger partial charge in [0.05, 0.1) is 30.8 Å². The van der Waals surface area contributed by atoms with Gasteiger partial charge in [-0.3, -0.25) is 9.36 Å². The van der Waals surface area contributed by atoms with Crippen LogP contribution in [0.4, 0.5) is 0 Å². The Balaban J connectivity index is 2.49. The molecule has 3 rings (SSSR count). The zero-order valence-corrected chi connectivity index (χ0v) is 15.1. The number of methoxy groups -OCH3 is 2. The van der Waals surface area contributed by atoms with Crippen molar-refractivity contribution in [2.45, 2.75) is 6.54 Å². The number of halogens is 1. The standard InChI is InChI=1S/C19H17ClN2O4/c1-4-8-21-15-11-17(26-3)16(25-2)10-14(15)18(23)22(19(21)24)13-7-5-6-12(20)9-13/h4-7,9-11H,1,8H2,2-3H3. The number of aromatic nitrogens is 2. The van der Waals surface area contributed by atoms with Gasteiger partial charge in [-0.1, -0.05) is 23.7 Å². The summed E-state index contributed by atoms with van der Waals surface area (Å²) < 4.78 is 13.1. The molecule has 0 saturated heterocycles. The Morgan fingerprint density at radius 2 is 1.81 bits per heavy atom. The van der Waals surface area contributed by atoms with Gasteiger partial charge in [0.25, 0.3) is 5.56 Å². The molecule has 0 saturated carbocycles. The summed E-state index contributed by atoms with van der Waals surface area (Å²) in [5.74, 6) is 0.829. The van der Waals surface area contributed by atoms with Crippen LogP contribution in [0.2, 0.25) is 5.02 Å². The molecule has 2 aromatic carbocycles. The van der Waals surface area contributed by atoms with Crippen molar-refractivity contribution in [3.05, 3.63) is 74.9 Å². The molecule has 0 aliphatic carbocycles. The van der Waals surface area contributed by atoms with Crippen molar-refractivity contribution in [1.82, 2.24) is 9.13 Å². The van der Waals surface area contributed by atoms with Crippen molar-refractivity contribution in [1.29, 1.82) is 0 Å². The molecule has 134 valence electrons. The minimum absolute atomic E-state index is 0.228. The molecule has 3 aromatic rings. The Morgan fingerprint density at radius 3 is 2.42 bits per heavy atom. The van der Waals surface area contributed by atoms with Gasteiger partial charge in [0.2, 0.25) is 0 Å². The number of nitrogens with zero attached hydrogens (tertiary/aromatic N) is 2. The Bertz CT molecular complexity index is 1110. The minimum Gasteiger partial charge on any atom is -0.493 e. The van der Waals surface area contributed by atoms with Gasteiger partial charge in [-0.15, -0.1) is 6.58 Å². The number of hydrogen-bond acceptors (Lipinski definition) is 4. The molecule has 1 aromatic heterocycles. The van der Waals surface area contributed by atoms with Gasteiger partial charge in [-0.2, -0.15) is 0 Å². The van der Waals surface area contributed by atoms with E-state index in [0.717, 1.165) is 4.57 Å². The number of benzene rings is 2. The second-order valence-corrected chi connectivity index (χ2v) is 5.96. The summed E-state index contributed by atoms with van der Waals surface area (Å²) in [5.41, 5.74) is -0.122. The van der Waals surface area contributed by atoms with Gasteiger partial charge < -0.3 is 9.47 Å². The van der Waals surface area contributed by atoms with Crippen molar-refractivity contribution in [3.8, 4) is 17.2 Å². The Hall–Kier alpha value is -2.99. The smallest absolute Gasteiger partial charge is 0.336 e. The first-order valence-electron chi connectivity index (χ1n) is 7.80. The summed E-state index contributed by atoms with van der Waals surface area (Å²) in [5, 5.41) is 0.751. The zero-order valence-electron chi connectivity index (χ0n) is 14.4. The molecule has 0 amide bonds. The van der Waals surface area contributed by atoms with Crippen LogP contribution in [0.5, 0.6) is 11.5 Å². The molecule has 0 atom stereocenters. The fourth-order valence-corrected chi connectivity index (χ4v) is 3.03. The summed E-state index contributed by atoms with van der Waals surface area (Å²) in [4.78, 5) is 26.1. The van der Waals surface area contributed by atoms with E-state index in [1.807, 2.05) is 0 Å². The number of rotatable bonds is 5. The summed E-state index contributed by atoms with van der Waals surface area (Å²) in [6, 6.07) is 9.75. The van der Waals surface area contributed by atoms with Gasteiger partial charge in [0.15, 0.2) is 11.5 Å². The first-order valence-corrected chi connectivity index (χ1v) is 8.18. The average Bonchev–Trinajstić information content (AvgIpc) is 2.64. The van der Waals surface area contributed by atoms with Gasteiger partial charge in [0.1, 0.15) is 0 Å². The van der Waals surface area contributed by atoms with Gasteiger partial charge in [0, 0.05) is 17.6 Å². The summed E-state index contributed by atoms with van der Waals surface area (Å²) in [6.45, 7) is 3.92. The number of fused-ring (bicyclic) bond motifs is 1. The highest BCUT2D eigenvalue weighted by Gasteiger charge is 2.17. The molecule has 1 heterocycles. The van der Waals surface area contributed by atoms with Crippen LogP contribution in [0.15, 0.2) is 58.6 Å². The Morgan fingerprint density at radius 1 is 1.12 bits per heavy atom. The van der Waals surface area contributed by atoms with E-state index >= 15 is 0 Å². The molecule has 0 spiro atoms. The lowest BCUT2D eigenvalue weighted by molar-refractivity contribution is 0.355. The molecular weight excluding hydrogens is 356 g/mol. The van der Waals surface area contributed by atoms with Crippen LogP contribution < -0.4 is 20.7 Å². The Kier molecular flexibility index (Phi) is 4.86. The lowest BCUT2D eigenvalue weighted by Gasteiger charge is -2.15. The fourth-order valence-electron chi connectivity index (χ4n) is 2.84. The first-order chi connectivity index (χ1) is 12.5. The van der Waals surface area contributed by atoms with E-state index in [9.17, 15) is 9.59 Å². The summed E-state index contributed by atoms with van der Waals surface area (Å²) in [6.07, 6.45) is 1.59. The second-order valence-electron chi connectivity index (χ2n) is 5.53. The highest BCUT2D eigenvalue weighted by atomic mass is 35.5. The molecule has 0 aliphatic rings. The normalized spacial score (nSPS) is 10.7. The van der Waals surface area contributed by atoms with Gasteiger partial charge >= 0.3 is 5.69 Å². The van der Waals surface area contributed by atoms with E-state index in [-0.39, 0.29) is 6.54 Å². The predicted molar refractivity (Wildman–Crippen MR) is 102 cm³/mol. The van der Waals surface area contributed by atoms with Crippen molar-refractivity contribution >= 4 is 22.5 Å². The van der Waals surface area contributed by atoms with E-state index in [1.165, 1.54) is 18.8 Å². The maximum absolute atomic E-state index is 13.1. The van der Waals surface area contributed by atoms with Crippen LogP contribution in [-0.4, -0.2) is 23.4 Å². The fraction of sp³-hybridized carbons (Fsp3) is 0.158. The highest BCUT2D eigenvalue weighted by molar-refractivity contribution is 6.30.